The number of hydrogen-bond donors (Lipinski definition) is 0. The Morgan fingerprint density at radius 3 is 2.37 bits per heavy atom. The molecule has 0 bridgehead atoms. The van der Waals surface area contributed by atoms with Crippen LogP contribution >= 0.6 is 0 Å². The fourth-order valence-corrected chi connectivity index (χ4v) is 4.07. The van der Waals surface area contributed by atoms with Gasteiger partial charge < -0.3 is 14.3 Å². The molecule has 1 aliphatic heterocycles. The first kappa shape index (κ1) is 20.2. The molecule has 156 valence electrons. The Balaban J connectivity index is 1.64. The molecule has 5 heteroatoms. The number of nitrogens with zero attached hydrogens (tertiary/aromatic N) is 3. The molecule has 1 aliphatic rings. The average molecular weight is 404 g/mol. The van der Waals surface area contributed by atoms with E-state index in [0.717, 1.165) is 60.6 Å². The van der Waals surface area contributed by atoms with Crippen LogP contribution in [0.5, 0.6) is 0 Å². The first-order valence-electron chi connectivity index (χ1n) is 10.9. The van der Waals surface area contributed by atoms with Crippen LogP contribution in [0.15, 0.2) is 65.2 Å². The largest absolute Gasteiger partial charge is 0.340 e. The molecule has 5 nitrogen and oxygen atoms in total. The zero-order valence-electron chi connectivity index (χ0n) is 17.6. The molecule has 1 saturated heterocycles. The van der Waals surface area contributed by atoms with Crippen molar-refractivity contribution in [3.8, 4) is 11.3 Å². The molecule has 0 aliphatic carbocycles. The zero-order chi connectivity index (χ0) is 20.8. The van der Waals surface area contributed by atoms with Crippen molar-refractivity contribution in [2.45, 2.75) is 39.2 Å². The average Bonchev–Trinajstić information content (AvgIpc) is 3.44. The van der Waals surface area contributed by atoms with E-state index in [4.69, 9.17) is 4.52 Å². The molecule has 1 aromatic heterocycles. The predicted octanol–water partition coefficient (Wildman–Crippen LogP) is 4.92. The van der Waals surface area contributed by atoms with Crippen molar-refractivity contribution >= 4 is 11.8 Å². The topological polar surface area (TPSA) is 49.6 Å². The van der Waals surface area contributed by atoms with Gasteiger partial charge in [-0.2, -0.15) is 0 Å². The highest BCUT2D eigenvalue weighted by Crippen LogP contribution is 2.34. The molecular weight excluding hydrogens is 374 g/mol. The van der Waals surface area contributed by atoms with E-state index in [0.29, 0.717) is 19.5 Å². The molecule has 0 radical (unpaired) electrons. The number of amides is 1. The lowest BCUT2D eigenvalue weighted by atomic mass is 10.1. The minimum Gasteiger partial charge on any atom is -0.340 e. The smallest absolute Gasteiger partial charge is 0.232 e. The number of carbonyl (C=O) groups is 1. The molecule has 3 aromatic rings. The van der Waals surface area contributed by atoms with Gasteiger partial charge in [-0.15, -0.1) is 0 Å². The van der Waals surface area contributed by atoms with Crippen LogP contribution in [0, 0.1) is 0 Å². The fraction of sp³-hybridized carbons (Fsp3) is 0.360. The summed E-state index contributed by atoms with van der Waals surface area (Å²) >= 11 is 0. The van der Waals surface area contributed by atoms with E-state index >= 15 is 0 Å². The second-order valence-corrected chi connectivity index (χ2v) is 7.85. The fourth-order valence-electron chi connectivity index (χ4n) is 4.07. The highest BCUT2D eigenvalue weighted by molar-refractivity contribution is 5.79. The molecule has 4 rings (SSSR count). The molecule has 0 atom stereocenters. The van der Waals surface area contributed by atoms with Gasteiger partial charge in [0, 0.05) is 25.2 Å². The summed E-state index contributed by atoms with van der Waals surface area (Å²) in [5.41, 5.74) is 3.91. The van der Waals surface area contributed by atoms with Gasteiger partial charge in [-0.25, -0.2) is 0 Å². The first-order valence-corrected chi connectivity index (χ1v) is 10.9. The molecule has 0 N–H and O–H groups in total. The third-order valence-corrected chi connectivity index (χ3v) is 5.60. The Morgan fingerprint density at radius 1 is 1.03 bits per heavy atom. The number of anilines is 1. The van der Waals surface area contributed by atoms with Gasteiger partial charge in [0.2, 0.25) is 11.8 Å². The van der Waals surface area contributed by atoms with Crippen molar-refractivity contribution in [2.75, 3.05) is 24.5 Å². The maximum atomic E-state index is 13.2. The highest BCUT2D eigenvalue weighted by Gasteiger charge is 2.27. The van der Waals surface area contributed by atoms with Crippen molar-refractivity contribution in [3.05, 3.63) is 71.8 Å². The summed E-state index contributed by atoms with van der Waals surface area (Å²) < 4.78 is 5.85. The highest BCUT2D eigenvalue weighted by atomic mass is 16.5. The third-order valence-electron chi connectivity index (χ3n) is 5.60. The monoisotopic (exact) mass is 403 g/mol. The minimum absolute atomic E-state index is 0.135. The first-order chi connectivity index (χ1) is 14.8. The molecule has 1 fully saturated rings. The molecule has 0 spiro atoms. The Bertz CT molecular complexity index is 947. The Hall–Kier alpha value is -3.08. The minimum atomic E-state index is 0.135. The van der Waals surface area contributed by atoms with E-state index in [-0.39, 0.29) is 5.91 Å². The summed E-state index contributed by atoms with van der Waals surface area (Å²) in [6, 6.07) is 20.1. The summed E-state index contributed by atoms with van der Waals surface area (Å²) in [6.45, 7) is 5.28. The Kier molecular flexibility index (Phi) is 6.47. The lowest BCUT2D eigenvalue weighted by Gasteiger charge is -2.24. The van der Waals surface area contributed by atoms with Crippen LogP contribution in [0.2, 0.25) is 0 Å². The van der Waals surface area contributed by atoms with Gasteiger partial charge in [-0.1, -0.05) is 72.7 Å². The van der Waals surface area contributed by atoms with E-state index < -0.39 is 0 Å². The zero-order valence-corrected chi connectivity index (χ0v) is 17.6. The molecule has 0 saturated carbocycles. The number of aromatic nitrogens is 1. The Morgan fingerprint density at radius 2 is 1.70 bits per heavy atom. The number of carbonyl (C=O) groups excluding carboxylic acids is 1. The van der Waals surface area contributed by atoms with Crippen molar-refractivity contribution in [2.24, 2.45) is 0 Å². The second-order valence-electron chi connectivity index (χ2n) is 7.85. The number of rotatable bonds is 8. The summed E-state index contributed by atoms with van der Waals surface area (Å²) in [7, 11) is 0. The van der Waals surface area contributed by atoms with Gasteiger partial charge >= 0.3 is 0 Å². The lowest BCUT2D eigenvalue weighted by Crippen LogP contribution is -2.33. The van der Waals surface area contributed by atoms with Crippen LogP contribution in [0.25, 0.3) is 11.3 Å². The third kappa shape index (κ3) is 4.56. The summed E-state index contributed by atoms with van der Waals surface area (Å²) in [4.78, 5) is 17.4. The number of benzene rings is 2. The molecule has 0 unspecified atom stereocenters. The van der Waals surface area contributed by atoms with Gasteiger partial charge in [0.05, 0.1) is 18.5 Å². The van der Waals surface area contributed by atoms with Gasteiger partial charge in [-0.3, -0.25) is 4.79 Å². The van der Waals surface area contributed by atoms with E-state index in [9.17, 15) is 4.79 Å². The summed E-state index contributed by atoms with van der Waals surface area (Å²) in [6.07, 6.45) is 3.64. The molecule has 1 amide bonds. The van der Waals surface area contributed by atoms with E-state index in [1.54, 1.807) is 0 Å². The van der Waals surface area contributed by atoms with Gasteiger partial charge in [0.15, 0.2) is 0 Å². The van der Waals surface area contributed by atoms with Crippen LogP contribution in [0.3, 0.4) is 0 Å². The van der Waals surface area contributed by atoms with Gasteiger partial charge in [0.1, 0.15) is 5.69 Å². The van der Waals surface area contributed by atoms with Crippen LogP contribution in [0.4, 0.5) is 5.88 Å². The van der Waals surface area contributed by atoms with Crippen LogP contribution in [-0.4, -0.2) is 35.6 Å². The van der Waals surface area contributed by atoms with Gasteiger partial charge in [-0.05, 0) is 24.8 Å². The van der Waals surface area contributed by atoms with E-state index in [1.807, 2.05) is 65.6 Å². The van der Waals surface area contributed by atoms with Crippen LogP contribution < -0.4 is 4.90 Å². The second kappa shape index (κ2) is 9.61. The SMILES string of the molecule is CCCN(Cc1c(-c2ccccc2)noc1N1CCCC1)C(=O)Cc1ccccc1. The lowest BCUT2D eigenvalue weighted by molar-refractivity contribution is -0.131. The van der Waals surface area contributed by atoms with Crippen molar-refractivity contribution in [3.63, 3.8) is 0 Å². The molecule has 2 heterocycles. The van der Waals surface area contributed by atoms with Crippen molar-refractivity contribution < 1.29 is 9.32 Å². The van der Waals surface area contributed by atoms with Gasteiger partial charge in [0.25, 0.3) is 0 Å². The summed E-state index contributed by atoms with van der Waals surface area (Å²) in [5.74, 6) is 0.954. The predicted molar refractivity (Wildman–Crippen MR) is 119 cm³/mol. The maximum Gasteiger partial charge on any atom is 0.232 e. The molecule has 2 aromatic carbocycles. The normalized spacial score (nSPS) is 13.6. The van der Waals surface area contributed by atoms with Crippen LogP contribution in [-0.2, 0) is 17.8 Å². The Labute approximate surface area is 178 Å². The number of hydrogen-bond acceptors (Lipinski definition) is 4. The molecular formula is C25H29N3O2. The molecule has 30 heavy (non-hydrogen) atoms. The van der Waals surface area contributed by atoms with Crippen molar-refractivity contribution in [1.82, 2.24) is 10.1 Å². The van der Waals surface area contributed by atoms with Crippen LogP contribution in [0.1, 0.15) is 37.3 Å². The quantitative estimate of drug-likeness (QED) is 0.535. The van der Waals surface area contributed by atoms with E-state index in [1.165, 1.54) is 0 Å². The van der Waals surface area contributed by atoms with Crippen molar-refractivity contribution in [1.29, 1.82) is 0 Å². The maximum absolute atomic E-state index is 13.2. The van der Waals surface area contributed by atoms with E-state index in [2.05, 4.69) is 17.0 Å². The summed E-state index contributed by atoms with van der Waals surface area (Å²) in [5, 5.41) is 4.43. The standard InChI is InChI=1S/C25H29N3O2/c1-2-15-28(23(29)18-20-11-5-3-6-12-20)19-22-24(21-13-7-4-8-14-21)26-30-25(22)27-16-9-10-17-27/h3-8,11-14H,2,9-10,15-19H2,1H3.